The number of benzene rings is 2. The Morgan fingerprint density at radius 2 is 1.85 bits per heavy atom. The fourth-order valence-corrected chi connectivity index (χ4v) is 5.48. The van der Waals surface area contributed by atoms with Crippen LogP contribution in [0.2, 0.25) is 0 Å². The lowest BCUT2D eigenvalue weighted by molar-refractivity contribution is -0.122. The number of nitrogens with zero attached hydrogens (tertiary/aromatic N) is 2. The molecule has 1 aliphatic heterocycles. The highest BCUT2D eigenvalue weighted by Crippen LogP contribution is 2.18. The van der Waals surface area contributed by atoms with Gasteiger partial charge in [0.2, 0.25) is 15.9 Å². The zero-order valence-corrected chi connectivity index (χ0v) is 20.0. The van der Waals surface area contributed by atoms with E-state index >= 15 is 0 Å². The van der Waals surface area contributed by atoms with Gasteiger partial charge in [-0.25, -0.2) is 8.42 Å². The summed E-state index contributed by atoms with van der Waals surface area (Å²) in [6.45, 7) is 6.61. The average molecular weight is 473 g/mol. The maximum absolute atomic E-state index is 13.0. The zero-order valence-electron chi connectivity index (χ0n) is 19.2. The van der Waals surface area contributed by atoms with Crippen LogP contribution in [0, 0.1) is 0 Å². The molecule has 3 rings (SSSR count). The Hall–Kier alpha value is -2.75. The molecule has 1 heterocycles. The average Bonchev–Trinajstić information content (AvgIpc) is 2.83. The van der Waals surface area contributed by atoms with Gasteiger partial charge in [-0.15, -0.1) is 0 Å². The summed E-state index contributed by atoms with van der Waals surface area (Å²) in [6, 6.07) is 16.2. The first kappa shape index (κ1) is 24.9. The number of piperazine rings is 1. The zero-order chi connectivity index (χ0) is 23.8. The molecule has 0 bridgehead atoms. The Morgan fingerprint density at radius 3 is 2.52 bits per heavy atom. The molecule has 0 aliphatic carbocycles. The van der Waals surface area contributed by atoms with Gasteiger partial charge in [-0.1, -0.05) is 50.2 Å². The molecule has 2 amide bonds. The summed E-state index contributed by atoms with van der Waals surface area (Å²) < 4.78 is 27.0. The van der Waals surface area contributed by atoms with Gasteiger partial charge < -0.3 is 10.6 Å². The largest absolute Gasteiger partial charge is 0.354 e. The Balaban J connectivity index is 1.71. The quantitative estimate of drug-likeness (QED) is 0.546. The minimum absolute atomic E-state index is 0.00873. The number of rotatable bonds is 10. The van der Waals surface area contributed by atoms with Crippen LogP contribution < -0.4 is 10.6 Å². The van der Waals surface area contributed by atoms with E-state index < -0.39 is 10.0 Å². The summed E-state index contributed by atoms with van der Waals surface area (Å²) in [4.78, 5) is 26.8. The van der Waals surface area contributed by atoms with E-state index in [2.05, 4.69) is 41.5 Å². The van der Waals surface area contributed by atoms with Crippen molar-refractivity contribution in [2.24, 2.45) is 0 Å². The third kappa shape index (κ3) is 6.40. The second-order valence-corrected chi connectivity index (χ2v) is 9.93. The van der Waals surface area contributed by atoms with Crippen LogP contribution in [0.4, 0.5) is 0 Å². The van der Waals surface area contributed by atoms with E-state index in [1.807, 2.05) is 18.2 Å². The van der Waals surface area contributed by atoms with Crippen LogP contribution in [0.25, 0.3) is 0 Å². The second-order valence-electron chi connectivity index (χ2n) is 7.99. The molecule has 1 unspecified atom stereocenters. The highest BCUT2D eigenvalue weighted by atomic mass is 32.2. The smallest absolute Gasteiger partial charge is 0.251 e. The summed E-state index contributed by atoms with van der Waals surface area (Å²) in [6.07, 6.45) is 0.800. The molecule has 178 valence electrons. The Kier molecular flexibility index (Phi) is 8.60. The number of nitrogens with one attached hydrogen (secondary N) is 2. The Labute approximate surface area is 196 Å². The highest BCUT2D eigenvalue weighted by Gasteiger charge is 2.29. The van der Waals surface area contributed by atoms with Gasteiger partial charge in [0, 0.05) is 31.2 Å². The van der Waals surface area contributed by atoms with Gasteiger partial charge in [0.15, 0.2) is 0 Å². The molecule has 2 N–H and O–H groups in total. The van der Waals surface area contributed by atoms with Crippen molar-refractivity contribution in [3.8, 4) is 0 Å². The number of carbonyl (C=O) groups is 2. The molecule has 1 atom stereocenters. The summed E-state index contributed by atoms with van der Waals surface area (Å²) in [5.74, 6) is -0.659. The van der Waals surface area contributed by atoms with Crippen LogP contribution in [-0.4, -0.2) is 74.7 Å². The molecule has 0 saturated carbocycles. The summed E-state index contributed by atoms with van der Waals surface area (Å²) in [7, 11) is -3.86. The van der Waals surface area contributed by atoms with E-state index in [9.17, 15) is 18.0 Å². The van der Waals surface area contributed by atoms with Crippen LogP contribution in [0.15, 0.2) is 59.5 Å². The van der Waals surface area contributed by atoms with E-state index in [4.69, 9.17) is 0 Å². The number of sulfonamides is 1. The molecule has 0 spiro atoms. The summed E-state index contributed by atoms with van der Waals surface area (Å²) in [5.41, 5.74) is 1.47. The van der Waals surface area contributed by atoms with E-state index in [0.29, 0.717) is 6.54 Å². The Bertz CT molecular complexity index is 1060. The van der Waals surface area contributed by atoms with Crippen molar-refractivity contribution >= 4 is 21.8 Å². The molecule has 2 aromatic carbocycles. The van der Waals surface area contributed by atoms with Gasteiger partial charge in [-0.2, -0.15) is 4.31 Å². The first-order valence-electron chi connectivity index (χ1n) is 11.3. The SMILES string of the molecule is CCN(CC)C(CNC(=O)c1cccc(S(=O)(=O)N2CCNC(=O)C2)c1)Cc1ccccc1. The van der Waals surface area contributed by atoms with Crippen molar-refractivity contribution < 1.29 is 18.0 Å². The van der Waals surface area contributed by atoms with Crippen molar-refractivity contribution in [3.05, 3.63) is 65.7 Å². The third-order valence-electron chi connectivity index (χ3n) is 5.88. The van der Waals surface area contributed by atoms with Crippen LogP contribution in [-0.2, 0) is 21.2 Å². The Morgan fingerprint density at radius 1 is 1.12 bits per heavy atom. The molecule has 1 saturated heterocycles. The van der Waals surface area contributed by atoms with Gasteiger partial charge in [0.1, 0.15) is 0 Å². The topological polar surface area (TPSA) is 98.8 Å². The number of likely N-dealkylation sites (N-methyl/N-ethyl adjacent to an activating group) is 1. The molecular formula is C24H32N4O4S. The summed E-state index contributed by atoms with van der Waals surface area (Å²) in [5, 5.41) is 5.60. The monoisotopic (exact) mass is 472 g/mol. The van der Waals surface area contributed by atoms with Crippen molar-refractivity contribution in [1.29, 1.82) is 0 Å². The normalized spacial score (nSPS) is 15.8. The fourth-order valence-electron chi connectivity index (χ4n) is 4.04. The van der Waals surface area contributed by atoms with Crippen LogP contribution in [0.3, 0.4) is 0 Å². The van der Waals surface area contributed by atoms with E-state index in [1.54, 1.807) is 12.1 Å². The first-order chi connectivity index (χ1) is 15.8. The maximum Gasteiger partial charge on any atom is 0.251 e. The van der Waals surface area contributed by atoms with E-state index in [0.717, 1.165) is 23.8 Å². The second kappa shape index (κ2) is 11.4. The van der Waals surface area contributed by atoms with Gasteiger partial charge in [0.05, 0.1) is 11.4 Å². The van der Waals surface area contributed by atoms with Gasteiger partial charge in [-0.05, 0) is 43.3 Å². The molecule has 2 aromatic rings. The lowest BCUT2D eigenvalue weighted by Gasteiger charge is -2.30. The number of carbonyl (C=O) groups excluding carboxylic acids is 2. The lowest BCUT2D eigenvalue weighted by Crippen LogP contribution is -2.49. The number of amides is 2. The molecular weight excluding hydrogens is 440 g/mol. The number of hydrogen-bond donors (Lipinski definition) is 2. The number of hydrogen-bond acceptors (Lipinski definition) is 5. The fraction of sp³-hybridized carbons (Fsp3) is 0.417. The molecule has 33 heavy (non-hydrogen) atoms. The third-order valence-corrected chi connectivity index (χ3v) is 7.72. The minimum atomic E-state index is -3.86. The van der Waals surface area contributed by atoms with E-state index in [-0.39, 0.29) is 47.9 Å². The van der Waals surface area contributed by atoms with Crippen LogP contribution >= 0.6 is 0 Å². The molecule has 8 nitrogen and oxygen atoms in total. The molecule has 1 fully saturated rings. The van der Waals surface area contributed by atoms with Crippen molar-refractivity contribution in [2.45, 2.75) is 31.2 Å². The van der Waals surface area contributed by atoms with Gasteiger partial charge in [0.25, 0.3) is 5.91 Å². The molecule has 0 aromatic heterocycles. The van der Waals surface area contributed by atoms with E-state index in [1.165, 1.54) is 17.7 Å². The van der Waals surface area contributed by atoms with Crippen LogP contribution in [0.5, 0.6) is 0 Å². The predicted molar refractivity (Wildman–Crippen MR) is 127 cm³/mol. The van der Waals surface area contributed by atoms with Crippen molar-refractivity contribution in [3.63, 3.8) is 0 Å². The van der Waals surface area contributed by atoms with Crippen molar-refractivity contribution in [1.82, 2.24) is 19.8 Å². The van der Waals surface area contributed by atoms with Gasteiger partial charge in [-0.3, -0.25) is 14.5 Å². The molecule has 1 aliphatic rings. The molecule has 0 radical (unpaired) electrons. The molecule has 9 heteroatoms. The van der Waals surface area contributed by atoms with Crippen molar-refractivity contribution in [2.75, 3.05) is 39.3 Å². The standard InChI is InChI=1S/C24H32N4O4S/c1-3-27(4-2)21(15-19-9-6-5-7-10-19)17-26-24(30)20-11-8-12-22(16-20)33(31,32)28-14-13-25-23(29)18-28/h5-12,16,21H,3-4,13-15,17-18H2,1-2H3,(H,25,29)(H,26,30). The maximum atomic E-state index is 13.0. The van der Waals surface area contributed by atoms with Crippen LogP contribution in [0.1, 0.15) is 29.8 Å². The summed E-state index contributed by atoms with van der Waals surface area (Å²) >= 11 is 0. The van der Waals surface area contributed by atoms with Gasteiger partial charge >= 0.3 is 0 Å². The predicted octanol–water partition coefficient (Wildman–Crippen LogP) is 1.49. The minimum Gasteiger partial charge on any atom is -0.354 e. The highest BCUT2D eigenvalue weighted by molar-refractivity contribution is 7.89. The first-order valence-corrected chi connectivity index (χ1v) is 12.7. The lowest BCUT2D eigenvalue weighted by atomic mass is 10.0.